The maximum Gasteiger partial charge on any atom is 0.260 e. The van der Waals surface area contributed by atoms with Crippen LogP contribution in [0.4, 0.5) is 0 Å². The SMILES string of the molecule is CC1(C)CN(C(=O)COc2ccc(I)cc2)CCC1N. The lowest BCUT2D eigenvalue weighted by molar-refractivity contribution is -0.136. The van der Waals surface area contributed by atoms with Gasteiger partial charge in [0.25, 0.3) is 5.91 Å². The van der Waals surface area contributed by atoms with Gasteiger partial charge in [0.2, 0.25) is 0 Å². The van der Waals surface area contributed by atoms with Gasteiger partial charge in [0, 0.05) is 22.7 Å². The van der Waals surface area contributed by atoms with E-state index in [4.69, 9.17) is 10.5 Å². The van der Waals surface area contributed by atoms with Gasteiger partial charge in [-0.05, 0) is 58.7 Å². The summed E-state index contributed by atoms with van der Waals surface area (Å²) in [5.74, 6) is 0.760. The minimum absolute atomic E-state index is 0.0310. The fraction of sp³-hybridized carbons (Fsp3) is 0.533. The van der Waals surface area contributed by atoms with Gasteiger partial charge in [0.15, 0.2) is 6.61 Å². The summed E-state index contributed by atoms with van der Waals surface area (Å²) in [6, 6.07) is 7.84. The van der Waals surface area contributed by atoms with Crippen LogP contribution in [-0.4, -0.2) is 36.5 Å². The molecule has 0 aromatic heterocycles. The first-order chi connectivity index (χ1) is 9.38. The summed E-state index contributed by atoms with van der Waals surface area (Å²) in [7, 11) is 0. The molecule has 110 valence electrons. The summed E-state index contributed by atoms with van der Waals surface area (Å²) in [6.07, 6.45) is 0.849. The maximum absolute atomic E-state index is 12.2. The van der Waals surface area contributed by atoms with E-state index in [0.29, 0.717) is 6.54 Å². The largest absolute Gasteiger partial charge is 0.484 e. The van der Waals surface area contributed by atoms with Crippen molar-refractivity contribution in [2.45, 2.75) is 26.3 Å². The Bertz CT molecular complexity index is 473. The average molecular weight is 388 g/mol. The Balaban J connectivity index is 1.87. The molecule has 0 aliphatic carbocycles. The van der Waals surface area contributed by atoms with Gasteiger partial charge in [-0.25, -0.2) is 0 Å². The Morgan fingerprint density at radius 3 is 2.70 bits per heavy atom. The molecular formula is C15H21IN2O2. The van der Waals surface area contributed by atoms with Crippen molar-refractivity contribution in [3.8, 4) is 5.75 Å². The van der Waals surface area contributed by atoms with E-state index in [1.54, 1.807) is 0 Å². The Morgan fingerprint density at radius 2 is 2.10 bits per heavy atom. The first-order valence-electron chi connectivity index (χ1n) is 6.80. The van der Waals surface area contributed by atoms with Crippen LogP contribution in [0, 0.1) is 8.99 Å². The molecule has 1 saturated heterocycles. The van der Waals surface area contributed by atoms with Crippen LogP contribution >= 0.6 is 22.6 Å². The third-order valence-corrected chi connectivity index (χ3v) is 4.56. The Morgan fingerprint density at radius 1 is 1.45 bits per heavy atom. The standard InChI is InChI=1S/C15H21IN2O2/c1-15(2)10-18(8-7-13(15)17)14(19)9-20-12-5-3-11(16)4-6-12/h3-6,13H,7-10,17H2,1-2H3. The van der Waals surface area contributed by atoms with E-state index < -0.39 is 0 Å². The summed E-state index contributed by atoms with van der Waals surface area (Å²) in [5.41, 5.74) is 6.05. The molecule has 0 spiro atoms. The monoisotopic (exact) mass is 388 g/mol. The number of nitrogens with zero attached hydrogens (tertiary/aromatic N) is 1. The van der Waals surface area contributed by atoms with Crippen molar-refractivity contribution in [3.63, 3.8) is 0 Å². The number of carbonyl (C=O) groups excluding carboxylic acids is 1. The summed E-state index contributed by atoms with van der Waals surface area (Å²) < 4.78 is 6.69. The first kappa shape index (κ1) is 15.6. The number of halogens is 1. The van der Waals surface area contributed by atoms with Crippen LogP contribution in [0.15, 0.2) is 24.3 Å². The normalized spacial score (nSPS) is 21.6. The molecule has 0 bridgehead atoms. The minimum Gasteiger partial charge on any atom is -0.484 e. The third-order valence-electron chi connectivity index (χ3n) is 3.84. The van der Waals surface area contributed by atoms with E-state index in [1.807, 2.05) is 29.2 Å². The molecular weight excluding hydrogens is 367 g/mol. The second-order valence-corrected chi connectivity index (χ2v) is 7.19. The molecule has 5 heteroatoms. The van der Waals surface area contributed by atoms with Crippen LogP contribution < -0.4 is 10.5 Å². The van der Waals surface area contributed by atoms with Gasteiger partial charge in [-0.15, -0.1) is 0 Å². The molecule has 2 rings (SSSR count). The number of nitrogens with two attached hydrogens (primary N) is 1. The summed E-state index contributed by atoms with van der Waals surface area (Å²) >= 11 is 2.24. The number of benzene rings is 1. The van der Waals surface area contributed by atoms with Gasteiger partial charge >= 0.3 is 0 Å². The second kappa shape index (κ2) is 6.30. The van der Waals surface area contributed by atoms with Crippen molar-refractivity contribution in [1.29, 1.82) is 0 Å². The molecule has 1 aromatic rings. The molecule has 1 amide bonds. The highest BCUT2D eigenvalue weighted by Crippen LogP contribution is 2.27. The van der Waals surface area contributed by atoms with E-state index in [2.05, 4.69) is 36.4 Å². The van der Waals surface area contributed by atoms with Crippen molar-refractivity contribution >= 4 is 28.5 Å². The molecule has 1 fully saturated rings. The number of hydrogen-bond donors (Lipinski definition) is 1. The van der Waals surface area contributed by atoms with Crippen molar-refractivity contribution < 1.29 is 9.53 Å². The number of ether oxygens (including phenoxy) is 1. The van der Waals surface area contributed by atoms with Gasteiger partial charge in [-0.2, -0.15) is 0 Å². The van der Waals surface area contributed by atoms with Crippen LogP contribution in [0.25, 0.3) is 0 Å². The molecule has 0 saturated carbocycles. The van der Waals surface area contributed by atoms with E-state index in [-0.39, 0.29) is 24.0 Å². The zero-order valence-electron chi connectivity index (χ0n) is 11.9. The molecule has 1 aliphatic rings. The van der Waals surface area contributed by atoms with Gasteiger partial charge in [-0.3, -0.25) is 4.79 Å². The zero-order chi connectivity index (χ0) is 14.8. The topological polar surface area (TPSA) is 55.6 Å². The lowest BCUT2D eigenvalue weighted by atomic mass is 9.80. The van der Waals surface area contributed by atoms with Crippen LogP contribution in [0.5, 0.6) is 5.75 Å². The quantitative estimate of drug-likeness (QED) is 0.809. The predicted molar refractivity (Wildman–Crippen MR) is 87.6 cm³/mol. The number of amides is 1. The van der Waals surface area contributed by atoms with Crippen molar-refractivity contribution in [3.05, 3.63) is 27.8 Å². The molecule has 1 unspecified atom stereocenters. The van der Waals surface area contributed by atoms with Crippen LogP contribution in [-0.2, 0) is 4.79 Å². The van der Waals surface area contributed by atoms with Crippen LogP contribution in [0.1, 0.15) is 20.3 Å². The number of carbonyl (C=O) groups is 1. The Hall–Kier alpha value is -0.820. The maximum atomic E-state index is 12.2. The van der Waals surface area contributed by atoms with E-state index >= 15 is 0 Å². The molecule has 0 radical (unpaired) electrons. The van der Waals surface area contributed by atoms with Crippen molar-refractivity contribution in [2.75, 3.05) is 19.7 Å². The molecule has 4 nitrogen and oxygen atoms in total. The highest BCUT2D eigenvalue weighted by Gasteiger charge is 2.35. The number of piperidine rings is 1. The summed E-state index contributed by atoms with van der Waals surface area (Å²) in [6.45, 7) is 5.72. The summed E-state index contributed by atoms with van der Waals surface area (Å²) in [4.78, 5) is 14.0. The number of likely N-dealkylation sites (tertiary alicyclic amines) is 1. The van der Waals surface area contributed by atoms with Crippen LogP contribution in [0.2, 0.25) is 0 Å². The van der Waals surface area contributed by atoms with E-state index in [1.165, 1.54) is 0 Å². The minimum atomic E-state index is -0.0310. The molecule has 1 aromatic carbocycles. The van der Waals surface area contributed by atoms with E-state index in [0.717, 1.165) is 22.3 Å². The fourth-order valence-electron chi connectivity index (χ4n) is 2.35. The predicted octanol–water partition coefficient (Wildman–Crippen LogP) is 2.26. The molecule has 1 heterocycles. The first-order valence-corrected chi connectivity index (χ1v) is 7.88. The molecule has 2 N–H and O–H groups in total. The Kier molecular flexibility index (Phi) is 4.90. The third kappa shape index (κ3) is 3.85. The van der Waals surface area contributed by atoms with Gasteiger partial charge < -0.3 is 15.4 Å². The summed E-state index contributed by atoms with van der Waals surface area (Å²) in [5, 5.41) is 0. The van der Waals surface area contributed by atoms with Crippen LogP contribution in [0.3, 0.4) is 0 Å². The van der Waals surface area contributed by atoms with E-state index in [9.17, 15) is 4.79 Å². The highest BCUT2D eigenvalue weighted by molar-refractivity contribution is 14.1. The van der Waals surface area contributed by atoms with Gasteiger partial charge in [-0.1, -0.05) is 13.8 Å². The second-order valence-electron chi connectivity index (χ2n) is 5.94. The number of rotatable bonds is 3. The highest BCUT2D eigenvalue weighted by atomic mass is 127. The zero-order valence-corrected chi connectivity index (χ0v) is 14.1. The smallest absolute Gasteiger partial charge is 0.260 e. The molecule has 20 heavy (non-hydrogen) atoms. The number of hydrogen-bond acceptors (Lipinski definition) is 3. The Labute approximate surface area is 133 Å². The fourth-order valence-corrected chi connectivity index (χ4v) is 2.71. The van der Waals surface area contributed by atoms with Gasteiger partial charge in [0.1, 0.15) is 5.75 Å². The molecule has 1 aliphatic heterocycles. The lowest BCUT2D eigenvalue weighted by Gasteiger charge is -2.42. The van der Waals surface area contributed by atoms with Crippen molar-refractivity contribution in [2.24, 2.45) is 11.1 Å². The van der Waals surface area contributed by atoms with Gasteiger partial charge in [0.05, 0.1) is 0 Å². The lowest BCUT2D eigenvalue weighted by Crippen LogP contribution is -2.54. The van der Waals surface area contributed by atoms with Crippen molar-refractivity contribution in [1.82, 2.24) is 4.90 Å². The average Bonchev–Trinajstić information content (AvgIpc) is 2.41. The molecule has 1 atom stereocenters.